The summed E-state index contributed by atoms with van der Waals surface area (Å²) in [7, 11) is 1.95. The van der Waals surface area contributed by atoms with Crippen molar-refractivity contribution in [3.05, 3.63) is 18.2 Å². The number of carbonyl (C=O) groups is 1. The predicted octanol–water partition coefficient (Wildman–Crippen LogP) is 2.36. The van der Waals surface area contributed by atoms with Crippen LogP contribution in [0.25, 0.3) is 0 Å². The molecule has 0 saturated heterocycles. The Bertz CT molecular complexity index is 421. The van der Waals surface area contributed by atoms with Crippen LogP contribution < -0.4 is 10.6 Å². The van der Waals surface area contributed by atoms with Gasteiger partial charge in [-0.15, -0.1) is 0 Å². The smallest absolute Gasteiger partial charge is 0.315 e. The van der Waals surface area contributed by atoms with E-state index in [1.807, 2.05) is 17.8 Å². The van der Waals surface area contributed by atoms with Gasteiger partial charge in [-0.3, -0.25) is 0 Å². The summed E-state index contributed by atoms with van der Waals surface area (Å²) in [5.41, 5.74) is 0. The van der Waals surface area contributed by atoms with Gasteiger partial charge >= 0.3 is 6.03 Å². The number of imidazole rings is 1. The van der Waals surface area contributed by atoms with Crippen molar-refractivity contribution >= 4 is 6.03 Å². The number of hydrogen-bond acceptors (Lipinski definition) is 2. The summed E-state index contributed by atoms with van der Waals surface area (Å²) in [6.07, 6.45) is 8.31. The molecular weight excluding hydrogens is 240 g/mol. The van der Waals surface area contributed by atoms with Crippen molar-refractivity contribution < 1.29 is 4.79 Å². The van der Waals surface area contributed by atoms with Gasteiger partial charge in [-0.2, -0.15) is 0 Å². The first-order valence-corrected chi connectivity index (χ1v) is 7.12. The number of aromatic nitrogens is 2. The molecule has 1 aliphatic rings. The highest BCUT2D eigenvalue weighted by molar-refractivity contribution is 5.74. The Morgan fingerprint density at radius 1 is 1.42 bits per heavy atom. The van der Waals surface area contributed by atoms with Crippen LogP contribution in [-0.4, -0.2) is 21.6 Å². The van der Waals surface area contributed by atoms with E-state index in [9.17, 15) is 4.79 Å². The minimum atomic E-state index is -0.0754. The average Bonchev–Trinajstić information content (AvgIpc) is 2.97. The van der Waals surface area contributed by atoms with Gasteiger partial charge in [0.1, 0.15) is 5.82 Å². The maximum Gasteiger partial charge on any atom is 0.315 e. The number of amides is 2. The van der Waals surface area contributed by atoms with E-state index in [2.05, 4.69) is 29.5 Å². The van der Waals surface area contributed by atoms with Crippen LogP contribution in [0, 0.1) is 5.92 Å². The quantitative estimate of drug-likeness (QED) is 0.877. The van der Waals surface area contributed by atoms with Crippen molar-refractivity contribution in [3.63, 3.8) is 0 Å². The minimum absolute atomic E-state index is 0.0543. The summed E-state index contributed by atoms with van der Waals surface area (Å²) in [4.78, 5) is 16.4. The Hall–Kier alpha value is -1.52. The third kappa shape index (κ3) is 3.49. The Morgan fingerprint density at radius 3 is 2.63 bits per heavy atom. The van der Waals surface area contributed by atoms with Crippen LogP contribution in [0.2, 0.25) is 0 Å². The van der Waals surface area contributed by atoms with Gasteiger partial charge in [0.25, 0.3) is 0 Å². The molecule has 0 unspecified atom stereocenters. The summed E-state index contributed by atoms with van der Waals surface area (Å²) >= 11 is 0. The molecule has 19 heavy (non-hydrogen) atoms. The third-order valence-electron chi connectivity index (χ3n) is 3.78. The van der Waals surface area contributed by atoms with Gasteiger partial charge in [-0.1, -0.05) is 26.7 Å². The molecule has 5 nitrogen and oxygen atoms in total. The van der Waals surface area contributed by atoms with Crippen molar-refractivity contribution in [3.8, 4) is 0 Å². The molecule has 1 aromatic rings. The highest BCUT2D eigenvalue weighted by atomic mass is 16.2. The summed E-state index contributed by atoms with van der Waals surface area (Å²) in [5.74, 6) is 1.20. The number of nitrogens with zero attached hydrogens (tertiary/aromatic N) is 2. The topological polar surface area (TPSA) is 59.0 Å². The van der Waals surface area contributed by atoms with E-state index in [0.29, 0.717) is 12.0 Å². The molecule has 2 N–H and O–H groups in total. The molecule has 1 aliphatic carbocycles. The van der Waals surface area contributed by atoms with Gasteiger partial charge in [0, 0.05) is 25.5 Å². The van der Waals surface area contributed by atoms with Gasteiger partial charge < -0.3 is 15.2 Å². The second-order valence-electron chi connectivity index (χ2n) is 5.72. The van der Waals surface area contributed by atoms with Gasteiger partial charge in [0.15, 0.2) is 0 Å². The molecule has 0 bridgehead atoms. The van der Waals surface area contributed by atoms with E-state index in [1.54, 1.807) is 6.20 Å². The van der Waals surface area contributed by atoms with E-state index >= 15 is 0 Å². The van der Waals surface area contributed by atoms with Gasteiger partial charge in [-0.05, 0) is 18.8 Å². The van der Waals surface area contributed by atoms with Crippen molar-refractivity contribution in [1.82, 2.24) is 20.2 Å². The lowest BCUT2D eigenvalue weighted by Crippen LogP contribution is -2.44. The number of carbonyl (C=O) groups excluding carboxylic acids is 1. The van der Waals surface area contributed by atoms with E-state index in [0.717, 1.165) is 18.7 Å². The van der Waals surface area contributed by atoms with Crippen molar-refractivity contribution in [1.29, 1.82) is 0 Å². The zero-order valence-corrected chi connectivity index (χ0v) is 12.0. The summed E-state index contributed by atoms with van der Waals surface area (Å²) in [6.45, 7) is 4.18. The van der Waals surface area contributed by atoms with Crippen LogP contribution in [0.1, 0.15) is 51.4 Å². The van der Waals surface area contributed by atoms with E-state index < -0.39 is 0 Å². The fourth-order valence-corrected chi connectivity index (χ4v) is 2.64. The fraction of sp³-hybridized carbons (Fsp3) is 0.714. The summed E-state index contributed by atoms with van der Waals surface area (Å²) < 4.78 is 1.96. The van der Waals surface area contributed by atoms with E-state index in [-0.39, 0.29) is 12.1 Å². The molecular formula is C14H24N4O. The first-order chi connectivity index (χ1) is 9.08. The van der Waals surface area contributed by atoms with Gasteiger partial charge in [0.05, 0.1) is 6.04 Å². The summed E-state index contributed by atoms with van der Waals surface area (Å²) in [6, 6.07) is 0.212. The Balaban J connectivity index is 1.97. The molecule has 5 heteroatoms. The van der Waals surface area contributed by atoms with Crippen molar-refractivity contribution in [2.75, 3.05) is 0 Å². The average molecular weight is 264 g/mol. The minimum Gasteiger partial charge on any atom is -0.336 e. The lowest BCUT2D eigenvalue weighted by molar-refractivity contribution is 0.228. The van der Waals surface area contributed by atoms with Crippen LogP contribution in [0.4, 0.5) is 4.79 Å². The fourth-order valence-electron chi connectivity index (χ4n) is 2.64. The normalized spacial score (nSPS) is 17.7. The first-order valence-electron chi connectivity index (χ1n) is 7.12. The lowest BCUT2D eigenvalue weighted by Gasteiger charge is -2.23. The molecule has 1 heterocycles. The van der Waals surface area contributed by atoms with Crippen LogP contribution in [0.5, 0.6) is 0 Å². The summed E-state index contributed by atoms with van der Waals surface area (Å²) in [5, 5.41) is 6.11. The number of aryl methyl sites for hydroxylation is 1. The second kappa shape index (κ2) is 6.08. The van der Waals surface area contributed by atoms with Crippen LogP contribution in [0.3, 0.4) is 0 Å². The zero-order chi connectivity index (χ0) is 13.8. The molecule has 0 aliphatic heterocycles. The van der Waals surface area contributed by atoms with Crippen molar-refractivity contribution in [2.24, 2.45) is 13.0 Å². The maximum absolute atomic E-state index is 12.1. The number of hydrogen-bond donors (Lipinski definition) is 2. The molecule has 0 aromatic carbocycles. The molecule has 1 saturated carbocycles. The Morgan fingerprint density at radius 2 is 2.11 bits per heavy atom. The second-order valence-corrected chi connectivity index (χ2v) is 5.72. The molecule has 2 rings (SSSR count). The Kier molecular flexibility index (Phi) is 4.45. The van der Waals surface area contributed by atoms with E-state index in [4.69, 9.17) is 0 Å². The highest BCUT2D eigenvalue weighted by Crippen LogP contribution is 2.20. The highest BCUT2D eigenvalue weighted by Gasteiger charge is 2.24. The zero-order valence-electron chi connectivity index (χ0n) is 12.0. The molecule has 1 fully saturated rings. The monoisotopic (exact) mass is 264 g/mol. The number of urea groups is 1. The molecule has 1 aromatic heterocycles. The predicted molar refractivity (Wildman–Crippen MR) is 74.7 cm³/mol. The van der Waals surface area contributed by atoms with Crippen LogP contribution >= 0.6 is 0 Å². The van der Waals surface area contributed by atoms with E-state index in [1.165, 1.54) is 12.8 Å². The van der Waals surface area contributed by atoms with Gasteiger partial charge in [-0.25, -0.2) is 9.78 Å². The first kappa shape index (κ1) is 13.9. The molecule has 0 spiro atoms. The standard InChI is InChI=1S/C14H24N4O/c1-10(2)12(13-15-8-9-18(13)3)17-14(19)16-11-6-4-5-7-11/h8-12H,4-7H2,1-3H3,(H2,16,17,19)/t12-/m0/s1. The number of nitrogens with one attached hydrogen (secondary N) is 2. The largest absolute Gasteiger partial charge is 0.336 e. The third-order valence-corrected chi connectivity index (χ3v) is 3.78. The van der Waals surface area contributed by atoms with Crippen molar-refractivity contribution in [2.45, 2.75) is 51.6 Å². The number of rotatable bonds is 4. The van der Waals surface area contributed by atoms with Crippen LogP contribution in [0.15, 0.2) is 12.4 Å². The molecule has 0 radical (unpaired) electrons. The maximum atomic E-state index is 12.1. The SMILES string of the molecule is CC(C)[C@H](NC(=O)NC1CCCC1)c1nccn1C. The Labute approximate surface area is 114 Å². The lowest BCUT2D eigenvalue weighted by atomic mass is 10.0. The molecule has 106 valence electrons. The van der Waals surface area contributed by atoms with Gasteiger partial charge in [0.2, 0.25) is 0 Å². The molecule has 1 atom stereocenters. The van der Waals surface area contributed by atoms with Crippen LogP contribution in [-0.2, 0) is 7.05 Å². The molecule has 2 amide bonds.